The van der Waals surface area contributed by atoms with Crippen LogP contribution in [0.5, 0.6) is 0 Å². The van der Waals surface area contributed by atoms with E-state index in [-0.39, 0.29) is 25.7 Å². The van der Waals surface area contributed by atoms with Crippen molar-refractivity contribution in [2.75, 3.05) is 39.6 Å². The van der Waals surface area contributed by atoms with Crippen LogP contribution in [0, 0.1) is 23.7 Å². The normalized spacial score (nSPS) is 14.9. The molecular formula is C69H134O17P2. The Bertz CT molecular complexity index is 1750. The van der Waals surface area contributed by atoms with E-state index in [4.69, 9.17) is 37.0 Å². The van der Waals surface area contributed by atoms with Gasteiger partial charge in [-0.2, -0.15) is 0 Å². The minimum absolute atomic E-state index is 0.102. The van der Waals surface area contributed by atoms with Gasteiger partial charge in [0.1, 0.15) is 19.3 Å². The number of hydrogen-bond donors (Lipinski definition) is 3. The third-order valence-electron chi connectivity index (χ3n) is 16.5. The lowest BCUT2D eigenvalue weighted by Gasteiger charge is -2.21. The van der Waals surface area contributed by atoms with Crippen molar-refractivity contribution in [1.82, 2.24) is 0 Å². The SMILES string of the molecule is CCC(C)CCCCCCCCCCCCC(=O)O[C@H](COC(=O)CCCCCCCCCCCCC(C)C)COP(=O)(O)OCC(O)COP(=O)(O)OC[C@@H](COC(=O)CCCCCCCCCCC(C)C)OC(=O)CCCCCCCCC(C)CC. The van der Waals surface area contributed by atoms with E-state index < -0.39 is 97.5 Å². The van der Waals surface area contributed by atoms with Crippen molar-refractivity contribution >= 4 is 39.5 Å². The monoisotopic (exact) mass is 1300 g/mol. The summed E-state index contributed by atoms with van der Waals surface area (Å²) >= 11 is 0. The average molecular weight is 1300 g/mol. The van der Waals surface area contributed by atoms with Gasteiger partial charge in [0, 0.05) is 25.7 Å². The Kier molecular flexibility index (Phi) is 57.6. The second-order valence-electron chi connectivity index (χ2n) is 26.4. The molecule has 17 nitrogen and oxygen atoms in total. The molecule has 0 spiro atoms. The number of rotatable bonds is 66. The first-order valence-electron chi connectivity index (χ1n) is 35.8. The number of unbranched alkanes of at least 4 members (excludes halogenated alkanes) is 30. The van der Waals surface area contributed by atoms with Gasteiger partial charge < -0.3 is 33.8 Å². The van der Waals surface area contributed by atoms with Crippen LogP contribution in [0.1, 0.15) is 338 Å². The Morgan fingerprint density at radius 3 is 0.807 bits per heavy atom. The van der Waals surface area contributed by atoms with Gasteiger partial charge in [0.15, 0.2) is 12.2 Å². The number of carbonyl (C=O) groups is 4. The van der Waals surface area contributed by atoms with Crippen LogP contribution >= 0.6 is 15.6 Å². The average Bonchev–Trinajstić information content (AvgIpc) is 3.68. The van der Waals surface area contributed by atoms with Gasteiger partial charge in [-0.3, -0.25) is 37.3 Å². The minimum atomic E-state index is -4.95. The Morgan fingerprint density at radius 1 is 0.318 bits per heavy atom. The van der Waals surface area contributed by atoms with Crippen LogP contribution in [0.25, 0.3) is 0 Å². The largest absolute Gasteiger partial charge is 0.472 e. The highest BCUT2D eigenvalue weighted by molar-refractivity contribution is 7.47. The Balaban J connectivity index is 5.27. The van der Waals surface area contributed by atoms with Gasteiger partial charge in [0.05, 0.1) is 26.4 Å². The third kappa shape index (κ3) is 60.3. The molecule has 0 fully saturated rings. The molecular weight excluding hydrogens is 1160 g/mol. The van der Waals surface area contributed by atoms with Crippen molar-refractivity contribution in [2.24, 2.45) is 23.7 Å². The van der Waals surface area contributed by atoms with Gasteiger partial charge in [-0.25, -0.2) is 9.13 Å². The zero-order chi connectivity index (χ0) is 65.4. The first-order chi connectivity index (χ1) is 42.2. The van der Waals surface area contributed by atoms with Crippen molar-refractivity contribution < 1.29 is 80.2 Å². The molecule has 88 heavy (non-hydrogen) atoms. The Hall–Kier alpha value is -1.94. The fourth-order valence-electron chi connectivity index (χ4n) is 10.2. The molecule has 522 valence electrons. The van der Waals surface area contributed by atoms with Crippen LogP contribution in [0.3, 0.4) is 0 Å². The number of aliphatic hydroxyl groups is 1. The first-order valence-corrected chi connectivity index (χ1v) is 38.8. The lowest BCUT2D eigenvalue weighted by molar-refractivity contribution is -0.161. The molecule has 0 heterocycles. The number of aliphatic hydroxyl groups excluding tert-OH is 1. The van der Waals surface area contributed by atoms with Crippen molar-refractivity contribution in [3.63, 3.8) is 0 Å². The summed E-state index contributed by atoms with van der Waals surface area (Å²) in [6.07, 6.45) is 40.3. The van der Waals surface area contributed by atoms with Crippen LogP contribution in [0.2, 0.25) is 0 Å². The van der Waals surface area contributed by atoms with E-state index in [1.165, 1.54) is 141 Å². The third-order valence-corrected chi connectivity index (χ3v) is 18.4. The van der Waals surface area contributed by atoms with E-state index in [9.17, 15) is 43.2 Å². The fraction of sp³-hybridized carbons (Fsp3) is 0.942. The summed E-state index contributed by atoms with van der Waals surface area (Å²) in [6.45, 7) is 14.1. The van der Waals surface area contributed by atoms with Crippen LogP contribution < -0.4 is 0 Å². The van der Waals surface area contributed by atoms with E-state index in [2.05, 4.69) is 55.4 Å². The number of hydrogen-bond acceptors (Lipinski definition) is 15. The second-order valence-corrected chi connectivity index (χ2v) is 29.3. The van der Waals surface area contributed by atoms with Gasteiger partial charge in [-0.05, 0) is 49.4 Å². The first kappa shape index (κ1) is 86.1. The number of ether oxygens (including phenoxy) is 4. The summed E-state index contributed by atoms with van der Waals surface area (Å²) in [5.74, 6) is 0.875. The molecule has 19 heteroatoms. The van der Waals surface area contributed by atoms with Crippen molar-refractivity contribution in [2.45, 2.75) is 356 Å². The number of phosphoric acid groups is 2. The minimum Gasteiger partial charge on any atom is -0.462 e. The highest BCUT2D eigenvalue weighted by Crippen LogP contribution is 2.45. The van der Waals surface area contributed by atoms with E-state index >= 15 is 0 Å². The van der Waals surface area contributed by atoms with Crippen LogP contribution in [0.15, 0.2) is 0 Å². The quantitative estimate of drug-likeness (QED) is 0.0222. The van der Waals surface area contributed by atoms with Crippen molar-refractivity contribution in [1.29, 1.82) is 0 Å². The molecule has 0 aromatic heterocycles. The van der Waals surface area contributed by atoms with Crippen molar-refractivity contribution in [3.8, 4) is 0 Å². The van der Waals surface area contributed by atoms with Gasteiger partial charge in [0.2, 0.25) is 0 Å². The standard InChI is InChI=1S/C69H134O17P2/c1-9-61(7)47-39-31-23-16-12-14-18-26-35-43-51-68(73)85-64(55-79-66(71)49-41-33-24-17-13-11-15-21-29-37-45-59(3)4)57-83-87(75,76)81-53-63(70)54-82-88(77,78)84-58-65(86-69(74)52-44-36-28-27-32-40-48-62(8)10-2)56-80-67(72)50-42-34-25-20-19-22-30-38-46-60(5)6/h59-65,70H,9-58H2,1-8H3,(H,75,76)(H,77,78)/t61?,62?,63?,64-,65-/m1/s1. The highest BCUT2D eigenvalue weighted by Gasteiger charge is 2.30. The van der Waals surface area contributed by atoms with Crippen LogP contribution in [0.4, 0.5) is 0 Å². The van der Waals surface area contributed by atoms with Crippen molar-refractivity contribution in [3.05, 3.63) is 0 Å². The summed E-state index contributed by atoms with van der Waals surface area (Å²) in [5, 5.41) is 10.6. The molecule has 0 saturated heterocycles. The lowest BCUT2D eigenvalue weighted by Crippen LogP contribution is -2.30. The summed E-state index contributed by atoms with van der Waals surface area (Å²) in [4.78, 5) is 72.5. The van der Waals surface area contributed by atoms with Crippen LogP contribution in [-0.2, 0) is 65.4 Å². The Morgan fingerprint density at radius 2 is 0.545 bits per heavy atom. The number of carbonyl (C=O) groups excluding carboxylic acids is 4. The zero-order valence-corrected chi connectivity index (χ0v) is 59.1. The van der Waals surface area contributed by atoms with E-state index in [1.807, 2.05) is 0 Å². The van der Waals surface area contributed by atoms with Gasteiger partial charge in [-0.15, -0.1) is 0 Å². The number of phosphoric ester groups is 2. The second kappa shape index (κ2) is 58.8. The smallest absolute Gasteiger partial charge is 0.462 e. The number of esters is 4. The summed E-state index contributed by atoms with van der Waals surface area (Å²) in [6, 6.07) is 0. The molecule has 0 radical (unpaired) electrons. The van der Waals surface area contributed by atoms with Gasteiger partial charge in [0.25, 0.3) is 0 Å². The molecule has 7 atom stereocenters. The Labute approximate surface area is 537 Å². The van der Waals surface area contributed by atoms with E-state index in [1.54, 1.807) is 0 Å². The van der Waals surface area contributed by atoms with E-state index in [0.29, 0.717) is 25.7 Å². The molecule has 3 N–H and O–H groups in total. The maximum absolute atomic E-state index is 13.0. The van der Waals surface area contributed by atoms with Crippen LogP contribution in [-0.4, -0.2) is 96.7 Å². The summed E-state index contributed by atoms with van der Waals surface area (Å²) in [7, 11) is -9.90. The fourth-order valence-corrected chi connectivity index (χ4v) is 11.8. The summed E-state index contributed by atoms with van der Waals surface area (Å²) < 4.78 is 68.2. The highest BCUT2D eigenvalue weighted by atomic mass is 31.2. The molecule has 0 aliphatic carbocycles. The molecule has 0 aliphatic rings. The molecule has 0 bridgehead atoms. The predicted molar refractivity (Wildman–Crippen MR) is 354 cm³/mol. The summed E-state index contributed by atoms with van der Waals surface area (Å²) in [5.41, 5.74) is 0. The van der Waals surface area contributed by atoms with Gasteiger partial charge >= 0.3 is 39.5 Å². The zero-order valence-electron chi connectivity index (χ0n) is 57.3. The molecule has 0 saturated carbocycles. The van der Waals surface area contributed by atoms with Gasteiger partial charge in [-0.1, -0.05) is 287 Å². The molecule has 0 amide bonds. The topological polar surface area (TPSA) is 237 Å². The maximum Gasteiger partial charge on any atom is 0.472 e. The molecule has 0 aromatic carbocycles. The maximum atomic E-state index is 13.0. The predicted octanol–water partition coefficient (Wildman–Crippen LogP) is 19.3. The molecule has 5 unspecified atom stereocenters. The lowest BCUT2D eigenvalue weighted by atomic mass is 9.99. The molecule has 0 aliphatic heterocycles. The molecule has 0 aromatic rings. The van der Waals surface area contributed by atoms with E-state index in [0.717, 1.165) is 114 Å². The molecule has 0 rings (SSSR count).